The number of nitrogens with two attached hydrogens (primary N) is 1. The Bertz CT molecular complexity index is 1870. The fraction of sp³-hybridized carbons (Fsp3) is 0.286. The molecule has 48 heavy (non-hydrogen) atoms. The number of methoxy groups -OCH3 is 3. The Morgan fingerprint density at radius 3 is 2.27 bits per heavy atom. The number of nitrogens with zero attached hydrogens (tertiary/aromatic N) is 6. The van der Waals surface area contributed by atoms with E-state index >= 15 is 0 Å². The van der Waals surface area contributed by atoms with E-state index in [4.69, 9.17) is 19.9 Å². The van der Waals surface area contributed by atoms with E-state index in [0.717, 1.165) is 16.8 Å². The molecule has 2 aliphatic heterocycles. The molecule has 0 saturated carbocycles. The van der Waals surface area contributed by atoms with E-state index < -0.39 is 0 Å². The van der Waals surface area contributed by atoms with Crippen LogP contribution in [0.5, 0.6) is 17.2 Å². The maximum Gasteiger partial charge on any atom is 0.278 e. The molecular weight excluding hydrogens is 617 g/mol. The first kappa shape index (κ1) is 32.4. The van der Waals surface area contributed by atoms with Crippen molar-refractivity contribution in [3.8, 4) is 17.2 Å². The fourth-order valence-corrected chi connectivity index (χ4v) is 5.90. The van der Waals surface area contributed by atoms with Crippen LogP contribution in [0.2, 0.25) is 0 Å². The van der Waals surface area contributed by atoms with Crippen molar-refractivity contribution in [1.82, 2.24) is 19.8 Å². The molecule has 0 atom stereocenters. The molecule has 2 aliphatic rings. The van der Waals surface area contributed by atoms with Gasteiger partial charge in [0.05, 0.1) is 33.7 Å². The molecule has 0 aliphatic carbocycles. The number of amides is 2. The summed E-state index contributed by atoms with van der Waals surface area (Å²) in [5, 5.41) is 0. The first-order valence-electron chi connectivity index (χ1n) is 15.4. The van der Waals surface area contributed by atoms with Gasteiger partial charge in [-0.25, -0.2) is 14.4 Å². The van der Waals surface area contributed by atoms with E-state index in [-0.39, 0.29) is 35.1 Å². The topological polar surface area (TPSA) is 136 Å². The van der Waals surface area contributed by atoms with Gasteiger partial charge in [-0.15, -0.1) is 0 Å². The SMILES string of the molecule is COc1cc(Cc2cnc(/N=C3\C(=O)N(CN4CCN(C(=O)c5ccc(F)cc5)CC4)c4ccc(C)cc43)nc2N)cc(OC)c1OC. The average molecular weight is 654 g/mol. The molecule has 1 saturated heterocycles. The van der Waals surface area contributed by atoms with E-state index in [9.17, 15) is 14.0 Å². The van der Waals surface area contributed by atoms with Gasteiger partial charge in [-0.2, -0.15) is 4.98 Å². The number of aliphatic imine (C=N–C) groups is 1. The van der Waals surface area contributed by atoms with Gasteiger partial charge >= 0.3 is 0 Å². The molecule has 1 fully saturated rings. The minimum absolute atomic E-state index is 0.0757. The van der Waals surface area contributed by atoms with Gasteiger partial charge in [0.1, 0.15) is 17.3 Å². The first-order valence-corrected chi connectivity index (χ1v) is 15.4. The third-order valence-electron chi connectivity index (χ3n) is 8.45. The van der Waals surface area contributed by atoms with E-state index in [2.05, 4.69) is 19.9 Å². The molecule has 0 radical (unpaired) electrons. The Kier molecular flexibility index (Phi) is 9.21. The largest absolute Gasteiger partial charge is 0.493 e. The van der Waals surface area contributed by atoms with Gasteiger partial charge in [-0.1, -0.05) is 11.6 Å². The molecular formula is C35H36FN7O5. The van der Waals surface area contributed by atoms with Gasteiger partial charge in [0.2, 0.25) is 5.75 Å². The number of ether oxygens (including phenoxy) is 3. The van der Waals surface area contributed by atoms with Crippen molar-refractivity contribution in [2.45, 2.75) is 13.3 Å². The molecule has 12 nitrogen and oxygen atoms in total. The number of aryl methyl sites for hydroxylation is 1. The number of nitrogen functional groups attached to an aromatic ring is 1. The second-order valence-corrected chi connectivity index (χ2v) is 11.6. The number of anilines is 2. The molecule has 0 unspecified atom stereocenters. The molecule has 3 heterocycles. The number of hydrogen-bond donors (Lipinski definition) is 1. The maximum absolute atomic E-state index is 13.9. The van der Waals surface area contributed by atoms with Crippen LogP contribution in [-0.4, -0.2) is 91.5 Å². The van der Waals surface area contributed by atoms with Crippen LogP contribution in [0.3, 0.4) is 0 Å². The third kappa shape index (κ3) is 6.49. The Morgan fingerprint density at radius 2 is 1.65 bits per heavy atom. The Balaban J connectivity index is 1.18. The Morgan fingerprint density at radius 1 is 0.958 bits per heavy atom. The van der Waals surface area contributed by atoms with Crippen LogP contribution in [0.15, 0.2) is 65.8 Å². The molecule has 3 aromatic carbocycles. The van der Waals surface area contributed by atoms with Gasteiger partial charge in [0, 0.05) is 55.5 Å². The fourth-order valence-electron chi connectivity index (χ4n) is 5.90. The number of carbonyl (C=O) groups is 2. The van der Waals surface area contributed by atoms with Crippen LogP contribution in [-0.2, 0) is 11.2 Å². The number of halogens is 1. The van der Waals surface area contributed by atoms with E-state index in [1.807, 2.05) is 37.3 Å². The summed E-state index contributed by atoms with van der Waals surface area (Å²) in [4.78, 5) is 45.8. The highest BCUT2D eigenvalue weighted by molar-refractivity contribution is 6.54. The summed E-state index contributed by atoms with van der Waals surface area (Å²) in [6, 6.07) is 15.0. The minimum Gasteiger partial charge on any atom is -0.493 e. The van der Waals surface area contributed by atoms with Crippen molar-refractivity contribution in [2.75, 3.05) is 64.8 Å². The van der Waals surface area contributed by atoms with E-state index in [1.54, 1.807) is 37.3 Å². The Hall–Kier alpha value is -5.56. The third-order valence-corrected chi connectivity index (χ3v) is 8.45. The monoisotopic (exact) mass is 653 g/mol. The van der Waals surface area contributed by atoms with Gasteiger partial charge < -0.3 is 24.8 Å². The molecule has 2 N–H and O–H groups in total. The number of hydrogen-bond acceptors (Lipinski definition) is 10. The summed E-state index contributed by atoms with van der Waals surface area (Å²) in [6.07, 6.45) is 2.00. The van der Waals surface area contributed by atoms with Crippen LogP contribution >= 0.6 is 0 Å². The summed E-state index contributed by atoms with van der Waals surface area (Å²) in [6.45, 7) is 4.37. The lowest BCUT2D eigenvalue weighted by molar-refractivity contribution is -0.112. The van der Waals surface area contributed by atoms with Crippen LogP contribution < -0.4 is 24.8 Å². The standard InChI is InChI=1S/C35H36FN7O5/c1-21-5-10-27-26(15-21)30(34(45)43(27)20-41-11-13-42(14-12-41)33(44)23-6-8-25(36)9-7-23)39-35-38-19-24(32(37)40-35)16-22-17-28(46-2)31(48-4)29(18-22)47-3/h5-10,15,17-19H,11-14,16,20H2,1-4H3,(H2,37,38,40)/b39-30-. The molecule has 0 spiro atoms. The number of fused-ring (bicyclic) bond motifs is 1. The summed E-state index contributed by atoms with van der Waals surface area (Å²) in [5.41, 5.74) is 11.0. The first-order chi connectivity index (χ1) is 23.2. The lowest BCUT2D eigenvalue weighted by Gasteiger charge is -2.36. The highest BCUT2D eigenvalue weighted by atomic mass is 19.1. The Labute approximate surface area is 277 Å². The highest BCUT2D eigenvalue weighted by Gasteiger charge is 2.36. The average Bonchev–Trinajstić information content (AvgIpc) is 3.34. The second kappa shape index (κ2) is 13.7. The number of rotatable bonds is 9. The highest BCUT2D eigenvalue weighted by Crippen LogP contribution is 2.39. The molecule has 0 bridgehead atoms. The van der Waals surface area contributed by atoms with Gasteiger partial charge in [-0.3, -0.25) is 19.4 Å². The van der Waals surface area contributed by atoms with Gasteiger partial charge in [0.25, 0.3) is 17.8 Å². The molecule has 6 rings (SSSR count). The van der Waals surface area contributed by atoms with Crippen molar-refractivity contribution >= 4 is 35.0 Å². The summed E-state index contributed by atoms with van der Waals surface area (Å²) in [7, 11) is 4.65. The number of benzene rings is 3. The zero-order valence-electron chi connectivity index (χ0n) is 27.2. The second-order valence-electron chi connectivity index (χ2n) is 11.6. The van der Waals surface area contributed by atoms with E-state index in [1.165, 1.54) is 24.3 Å². The molecule has 248 valence electrons. The summed E-state index contributed by atoms with van der Waals surface area (Å²) >= 11 is 0. The zero-order valence-corrected chi connectivity index (χ0v) is 27.2. The molecule has 4 aromatic rings. The van der Waals surface area contributed by atoms with Gasteiger partial charge in [0.15, 0.2) is 11.5 Å². The van der Waals surface area contributed by atoms with Gasteiger partial charge in [-0.05, 0) is 61.0 Å². The summed E-state index contributed by atoms with van der Waals surface area (Å²) < 4.78 is 29.7. The quantitative estimate of drug-likeness (QED) is 0.284. The number of carbonyl (C=O) groups excluding carboxylic acids is 2. The van der Waals surface area contributed by atoms with Crippen LogP contribution in [0, 0.1) is 12.7 Å². The van der Waals surface area contributed by atoms with Crippen molar-refractivity contribution in [3.05, 3.63) is 94.4 Å². The van der Waals surface area contributed by atoms with Crippen LogP contribution in [0.25, 0.3) is 0 Å². The maximum atomic E-state index is 13.9. The van der Waals surface area contributed by atoms with E-state index in [0.29, 0.717) is 73.2 Å². The molecule has 2 amide bonds. The lowest BCUT2D eigenvalue weighted by atomic mass is 10.1. The summed E-state index contributed by atoms with van der Waals surface area (Å²) in [5.74, 6) is 1.04. The zero-order chi connectivity index (χ0) is 33.9. The van der Waals surface area contributed by atoms with Crippen molar-refractivity contribution in [1.29, 1.82) is 0 Å². The van der Waals surface area contributed by atoms with Crippen LogP contribution in [0.4, 0.5) is 21.8 Å². The number of piperazine rings is 1. The smallest absolute Gasteiger partial charge is 0.278 e. The normalized spacial score (nSPS) is 15.5. The molecule has 13 heteroatoms. The minimum atomic E-state index is -0.385. The lowest BCUT2D eigenvalue weighted by Crippen LogP contribution is -2.52. The predicted octanol–water partition coefficient (Wildman–Crippen LogP) is 4.01. The van der Waals surface area contributed by atoms with Crippen molar-refractivity contribution in [2.24, 2.45) is 4.99 Å². The number of aromatic nitrogens is 2. The molecule has 1 aromatic heterocycles. The van der Waals surface area contributed by atoms with Crippen LogP contribution in [0.1, 0.15) is 32.6 Å². The predicted molar refractivity (Wildman–Crippen MR) is 179 cm³/mol. The van der Waals surface area contributed by atoms with Crippen molar-refractivity contribution < 1.29 is 28.2 Å². The van der Waals surface area contributed by atoms with Crippen molar-refractivity contribution in [3.63, 3.8) is 0 Å².